The van der Waals surface area contributed by atoms with Crippen molar-refractivity contribution >= 4 is 21.9 Å². The molecule has 20 heavy (non-hydrogen) atoms. The Kier molecular flexibility index (Phi) is 3.73. The molecule has 0 bridgehead atoms. The summed E-state index contributed by atoms with van der Waals surface area (Å²) < 4.78 is 0.616. The van der Waals surface area contributed by atoms with E-state index >= 15 is 0 Å². The van der Waals surface area contributed by atoms with Gasteiger partial charge in [0.05, 0.1) is 5.69 Å². The zero-order valence-electron chi connectivity index (χ0n) is 10.5. The first-order valence-corrected chi connectivity index (χ1v) is 6.93. The van der Waals surface area contributed by atoms with Crippen LogP contribution in [-0.2, 0) is 6.54 Å². The monoisotopic (exact) mass is 329 g/mol. The molecule has 0 spiro atoms. The average molecular weight is 330 g/mol. The summed E-state index contributed by atoms with van der Waals surface area (Å²) in [5.41, 5.74) is 3.24. The van der Waals surface area contributed by atoms with Gasteiger partial charge in [0.15, 0.2) is 4.73 Å². The molecule has 0 saturated carbocycles. The van der Waals surface area contributed by atoms with Crippen molar-refractivity contribution < 1.29 is 0 Å². The largest absolute Gasteiger partial charge is 0.349 e. The number of pyridine rings is 1. The minimum absolute atomic E-state index is 0.575. The first-order chi connectivity index (χ1) is 9.81. The van der Waals surface area contributed by atoms with Gasteiger partial charge in [0, 0.05) is 18.3 Å². The topological polar surface area (TPSA) is 66.5 Å². The third kappa shape index (κ3) is 3.03. The van der Waals surface area contributed by atoms with Gasteiger partial charge < -0.3 is 5.32 Å². The number of nitrogens with zero attached hydrogens (tertiary/aromatic N) is 3. The van der Waals surface area contributed by atoms with E-state index in [-0.39, 0.29) is 0 Å². The molecule has 3 aromatic rings. The standard InChI is InChI=1S/C14H12BrN5/c15-13-18-14(20-19-13)17-9-10-4-6-11(7-5-10)12-3-1-2-8-16-12/h1-8H,9H2,(H2,17,18,19,20). The van der Waals surface area contributed by atoms with Gasteiger partial charge in [-0.1, -0.05) is 30.3 Å². The molecule has 3 rings (SSSR count). The van der Waals surface area contributed by atoms with Crippen LogP contribution < -0.4 is 5.32 Å². The highest BCUT2D eigenvalue weighted by Gasteiger charge is 2.01. The molecule has 1 aromatic carbocycles. The van der Waals surface area contributed by atoms with Crippen LogP contribution in [0.4, 0.5) is 5.95 Å². The van der Waals surface area contributed by atoms with Gasteiger partial charge in [0.25, 0.3) is 0 Å². The van der Waals surface area contributed by atoms with E-state index < -0.39 is 0 Å². The van der Waals surface area contributed by atoms with E-state index in [0.717, 1.165) is 16.8 Å². The highest BCUT2D eigenvalue weighted by Crippen LogP contribution is 2.17. The fourth-order valence-corrected chi connectivity index (χ4v) is 2.09. The van der Waals surface area contributed by atoms with Crippen molar-refractivity contribution in [2.75, 3.05) is 5.32 Å². The number of benzene rings is 1. The summed E-state index contributed by atoms with van der Waals surface area (Å²) in [4.78, 5) is 8.45. The number of rotatable bonds is 4. The highest BCUT2D eigenvalue weighted by atomic mass is 79.9. The van der Waals surface area contributed by atoms with Gasteiger partial charge in [-0.15, -0.1) is 5.10 Å². The lowest BCUT2D eigenvalue weighted by Crippen LogP contribution is -2.00. The molecule has 2 aromatic heterocycles. The second-order valence-corrected chi connectivity index (χ2v) is 4.97. The Morgan fingerprint density at radius 2 is 1.95 bits per heavy atom. The van der Waals surface area contributed by atoms with Crippen LogP contribution in [0.15, 0.2) is 53.4 Å². The van der Waals surface area contributed by atoms with Gasteiger partial charge in [0.1, 0.15) is 0 Å². The summed E-state index contributed by atoms with van der Waals surface area (Å²) in [5.74, 6) is 0.575. The van der Waals surface area contributed by atoms with Crippen molar-refractivity contribution in [1.82, 2.24) is 20.2 Å². The summed E-state index contributed by atoms with van der Waals surface area (Å²) in [6, 6.07) is 14.2. The van der Waals surface area contributed by atoms with Crippen molar-refractivity contribution in [3.8, 4) is 11.3 Å². The Balaban J connectivity index is 1.67. The molecule has 100 valence electrons. The minimum atomic E-state index is 0.575. The van der Waals surface area contributed by atoms with Gasteiger partial charge in [-0.3, -0.25) is 10.1 Å². The van der Waals surface area contributed by atoms with E-state index in [9.17, 15) is 0 Å². The number of aromatic amines is 1. The molecule has 0 amide bonds. The van der Waals surface area contributed by atoms with Crippen molar-refractivity contribution in [2.24, 2.45) is 0 Å². The van der Waals surface area contributed by atoms with E-state index in [2.05, 4.69) is 65.7 Å². The average Bonchev–Trinajstić information content (AvgIpc) is 2.92. The Hall–Kier alpha value is -2.21. The smallest absolute Gasteiger partial charge is 0.243 e. The second-order valence-electron chi connectivity index (χ2n) is 4.22. The number of hydrogen-bond donors (Lipinski definition) is 2. The van der Waals surface area contributed by atoms with E-state index in [1.807, 2.05) is 18.2 Å². The predicted octanol–water partition coefficient (Wildman–Crippen LogP) is 3.24. The van der Waals surface area contributed by atoms with Crippen LogP contribution in [0.2, 0.25) is 0 Å². The molecule has 0 radical (unpaired) electrons. The number of H-pyrrole nitrogens is 1. The van der Waals surface area contributed by atoms with Crippen LogP contribution in [0.25, 0.3) is 11.3 Å². The molecule has 2 N–H and O–H groups in total. The van der Waals surface area contributed by atoms with Crippen molar-refractivity contribution in [1.29, 1.82) is 0 Å². The fraction of sp³-hybridized carbons (Fsp3) is 0.0714. The number of anilines is 1. The van der Waals surface area contributed by atoms with Crippen molar-refractivity contribution in [3.63, 3.8) is 0 Å². The maximum Gasteiger partial charge on any atom is 0.243 e. The molecular weight excluding hydrogens is 318 g/mol. The van der Waals surface area contributed by atoms with E-state index in [4.69, 9.17) is 0 Å². The molecule has 0 aliphatic carbocycles. The Morgan fingerprint density at radius 1 is 1.10 bits per heavy atom. The third-order valence-corrected chi connectivity index (χ3v) is 3.18. The lowest BCUT2D eigenvalue weighted by molar-refractivity contribution is 1.04. The predicted molar refractivity (Wildman–Crippen MR) is 81.1 cm³/mol. The maximum absolute atomic E-state index is 4.33. The summed E-state index contributed by atoms with van der Waals surface area (Å²) in [6.07, 6.45) is 1.80. The van der Waals surface area contributed by atoms with Crippen LogP contribution in [-0.4, -0.2) is 20.2 Å². The molecule has 5 nitrogen and oxygen atoms in total. The van der Waals surface area contributed by atoms with Gasteiger partial charge in [-0.25, -0.2) is 0 Å². The van der Waals surface area contributed by atoms with Crippen LogP contribution in [0.5, 0.6) is 0 Å². The Morgan fingerprint density at radius 3 is 2.60 bits per heavy atom. The maximum atomic E-state index is 4.33. The number of nitrogens with one attached hydrogen (secondary N) is 2. The normalized spacial score (nSPS) is 10.4. The van der Waals surface area contributed by atoms with E-state index in [1.54, 1.807) is 6.20 Å². The molecule has 6 heteroatoms. The molecule has 0 aliphatic heterocycles. The first-order valence-electron chi connectivity index (χ1n) is 6.13. The molecule has 0 atom stereocenters. The highest BCUT2D eigenvalue weighted by molar-refractivity contribution is 9.10. The van der Waals surface area contributed by atoms with Crippen molar-refractivity contribution in [2.45, 2.75) is 6.54 Å². The lowest BCUT2D eigenvalue weighted by atomic mass is 10.1. The lowest BCUT2D eigenvalue weighted by Gasteiger charge is -2.04. The number of halogens is 1. The quantitative estimate of drug-likeness (QED) is 0.771. The van der Waals surface area contributed by atoms with Gasteiger partial charge in [0.2, 0.25) is 5.95 Å². The number of aromatic nitrogens is 4. The first kappa shape index (κ1) is 12.8. The fourth-order valence-electron chi connectivity index (χ4n) is 1.83. The van der Waals surface area contributed by atoms with Gasteiger partial charge in [-0.05, 0) is 33.6 Å². The summed E-state index contributed by atoms with van der Waals surface area (Å²) in [6.45, 7) is 0.673. The van der Waals surface area contributed by atoms with Crippen LogP contribution >= 0.6 is 15.9 Å². The molecular formula is C14H12BrN5. The van der Waals surface area contributed by atoms with Crippen LogP contribution in [0, 0.1) is 0 Å². The second kappa shape index (κ2) is 5.83. The zero-order chi connectivity index (χ0) is 13.8. The van der Waals surface area contributed by atoms with Crippen LogP contribution in [0.3, 0.4) is 0 Å². The molecule has 2 heterocycles. The SMILES string of the molecule is Brc1nc(NCc2ccc(-c3ccccn3)cc2)n[nH]1. The van der Waals surface area contributed by atoms with Gasteiger partial charge >= 0.3 is 0 Å². The minimum Gasteiger partial charge on any atom is -0.349 e. The molecule has 0 fully saturated rings. The zero-order valence-corrected chi connectivity index (χ0v) is 12.1. The third-order valence-electron chi connectivity index (χ3n) is 2.82. The Labute approximate surface area is 124 Å². The molecule has 0 unspecified atom stereocenters. The summed E-state index contributed by atoms with van der Waals surface area (Å²) in [5, 5.41) is 9.85. The molecule has 0 saturated heterocycles. The summed E-state index contributed by atoms with van der Waals surface area (Å²) in [7, 11) is 0. The van der Waals surface area contributed by atoms with Gasteiger partial charge in [-0.2, -0.15) is 4.98 Å². The van der Waals surface area contributed by atoms with Crippen molar-refractivity contribution in [3.05, 3.63) is 59.0 Å². The van der Waals surface area contributed by atoms with E-state index in [1.165, 1.54) is 0 Å². The number of hydrogen-bond acceptors (Lipinski definition) is 4. The summed E-state index contributed by atoms with van der Waals surface area (Å²) >= 11 is 3.22. The van der Waals surface area contributed by atoms with Crippen LogP contribution in [0.1, 0.15) is 5.56 Å². The van der Waals surface area contributed by atoms with E-state index in [0.29, 0.717) is 17.2 Å². The molecule has 0 aliphatic rings. The Bertz CT molecular complexity index is 678.